The third-order valence-corrected chi connectivity index (χ3v) is 3.13. The van der Waals surface area contributed by atoms with Crippen molar-refractivity contribution in [2.45, 2.75) is 46.3 Å². The Hall–Kier alpha value is -1.03. The lowest BCUT2D eigenvalue weighted by Crippen LogP contribution is -2.45. The zero-order valence-electron chi connectivity index (χ0n) is 12.2. The molecule has 0 radical (unpaired) electrons. The molecule has 0 saturated heterocycles. The second-order valence-electron chi connectivity index (χ2n) is 5.77. The van der Waals surface area contributed by atoms with Gasteiger partial charge in [-0.25, -0.2) is 0 Å². The molecule has 0 saturated carbocycles. The highest BCUT2D eigenvalue weighted by molar-refractivity contribution is 9.10. The maximum atomic E-state index is 11.9. The number of hydrogen-bond donors (Lipinski definition) is 0. The van der Waals surface area contributed by atoms with E-state index in [0.717, 1.165) is 10.2 Å². The first-order valence-electron chi connectivity index (χ1n) is 6.43. The second-order valence-corrected chi connectivity index (χ2v) is 6.69. The molecule has 0 aromatic heterocycles. The van der Waals surface area contributed by atoms with Gasteiger partial charge in [-0.15, -0.1) is 0 Å². The molecule has 0 aliphatic rings. The summed E-state index contributed by atoms with van der Waals surface area (Å²) in [5.41, 5.74) is 0.862. The summed E-state index contributed by atoms with van der Waals surface area (Å²) in [5, 5.41) is 0. The van der Waals surface area contributed by atoms with Crippen LogP contribution in [0, 0.1) is 0 Å². The van der Waals surface area contributed by atoms with Crippen LogP contribution in [0.15, 0.2) is 28.7 Å². The number of carbonyl (C=O) groups is 1. The number of anilines is 1. The molecule has 1 aromatic rings. The number of esters is 1. The molecule has 1 rings (SSSR count). The van der Waals surface area contributed by atoms with Gasteiger partial charge in [0.15, 0.2) is 0 Å². The molecule has 0 atom stereocenters. The topological polar surface area (TPSA) is 29.5 Å². The van der Waals surface area contributed by atoms with Crippen molar-refractivity contribution in [2.75, 3.05) is 11.4 Å². The molecule has 0 spiro atoms. The van der Waals surface area contributed by atoms with Crippen molar-refractivity contribution in [3.63, 3.8) is 0 Å². The minimum Gasteiger partial charge on any atom is -0.462 e. The molecule has 0 heterocycles. The van der Waals surface area contributed by atoms with Crippen LogP contribution >= 0.6 is 15.9 Å². The number of halogens is 1. The number of ether oxygens (including phenoxy) is 1. The van der Waals surface area contributed by atoms with E-state index in [2.05, 4.69) is 36.7 Å². The Morgan fingerprint density at radius 3 is 2.21 bits per heavy atom. The number of benzene rings is 1. The highest BCUT2D eigenvalue weighted by atomic mass is 79.9. The van der Waals surface area contributed by atoms with Crippen LogP contribution in [-0.2, 0) is 9.53 Å². The zero-order valence-corrected chi connectivity index (χ0v) is 13.8. The minimum atomic E-state index is -0.201. The van der Waals surface area contributed by atoms with Crippen LogP contribution in [0.1, 0.15) is 34.6 Å². The SMILES string of the molecule is CC(C)OC(=O)CN(c1ccc(Br)cc1)C(C)(C)C. The van der Waals surface area contributed by atoms with Gasteiger partial charge in [-0.05, 0) is 58.9 Å². The molecule has 0 unspecified atom stereocenters. The van der Waals surface area contributed by atoms with E-state index in [-0.39, 0.29) is 24.2 Å². The van der Waals surface area contributed by atoms with Gasteiger partial charge < -0.3 is 9.64 Å². The van der Waals surface area contributed by atoms with Crippen LogP contribution in [0.4, 0.5) is 5.69 Å². The van der Waals surface area contributed by atoms with Gasteiger partial charge >= 0.3 is 5.97 Å². The highest BCUT2D eigenvalue weighted by Gasteiger charge is 2.25. The molecular weight excluding hydrogens is 306 g/mol. The molecule has 1 aromatic carbocycles. The zero-order chi connectivity index (χ0) is 14.6. The molecular formula is C15H22BrNO2. The Morgan fingerprint density at radius 2 is 1.79 bits per heavy atom. The van der Waals surface area contributed by atoms with Gasteiger partial charge in [0.25, 0.3) is 0 Å². The van der Waals surface area contributed by atoms with Gasteiger partial charge in [-0.1, -0.05) is 15.9 Å². The van der Waals surface area contributed by atoms with Crippen LogP contribution in [0.5, 0.6) is 0 Å². The number of carbonyl (C=O) groups excluding carboxylic acids is 1. The maximum Gasteiger partial charge on any atom is 0.325 e. The van der Waals surface area contributed by atoms with Gasteiger partial charge in [0.1, 0.15) is 6.54 Å². The molecule has 4 heteroatoms. The summed E-state index contributed by atoms with van der Waals surface area (Å²) in [6, 6.07) is 7.94. The predicted molar refractivity (Wildman–Crippen MR) is 82.5 cm³/mol. The van der Waals surface area contributed by atoms with E-state index in [0.29, 0.717) is 0 Å². The fraction of sp³-hybridized carbons (Fsp3) is 0.533. The highest BCUT2D eigenvalue weighted by Crippen LogP contribution is 2.25. The van der Waals surface area contributed by atoms with Crippen molar-refractivity contribution < 1.29 is 9.53 Å². The van der Waals surface area contributed by atoms with Crippen LogP contribution < -0.4 is 4.90 Å². The summed E-state index contributed by atoms with van der Waals surface area (Å²) in [6.45, 7) is 10.2. The first-order valence-corrected chi connectivity index (χ1v) is 7.22. The molecule has 19 heavy (non-hydrogen) atoms. The second kappa shape index (κ2) is 6.42. The largest absolute Gasteiger partial charge is 0.462 e. The van der Waals surface area contributed by atoms with Crippen LogP contribution in [-0.4, -0.2) is 24.2 Å². The summed E-state index contributed by atoms with van der Waals surface area (Å²) in [6.07, 6.45) is -0.0840. The Kier molecular flexibility index (Phi) is 5.41. The lowest BCUT2D eigenvalue weighted by molar-refractivity contribution is -0.145. The van der Waals surface area contributed by atoms with Gasteiger partial charge in [-0.3, -0.25) is 4.79 Å². The number of hydrogen-bond acceptors (Lipinski definition) is 3. The third kappa shape index (κ3) is 5.23. The van der Waals surface area contributed by atoms with E-state index in [1.165, 1.54) is 0 Å². The van der Waals surface area contributed by atoms with E-state index < -0.39 is 0 Å². The first-order chi connectivity index (χ1) is 8.70. The Labute approximate surface area is 124 Å². The Balaban J connectivity index is 2.90. The van der Waals surface area contributed by atoms with E-state index >= 15 is 0 Å². The summed E-state index contributed by atoms with van der Waals surface area (Å²) in [7, 11) is 0. The molecule has 0 aliphatic heterocycles. The van der Waals surface area contributed by atoms with Crippen molar-refractivity contribution in [1.82, 2.24) is 0 Å². The molecule has 0 fully saturated rings. The monoisotopic (exact) mass is 327 g/mol. The molecule has 0 aliphatic carbocycles. The summed E-state index contributed by atoms with van der Waals surface area (Å²) >= 11 is 3.42. The van der Waals surface area contributed by atoms with E-state index in [4.69, 9.17) is 4.74 Å². The van der Waals surface area contributed by atoms with Crippen LogP contribution in [0.3, 0.4) is 0 Å². The first kappa shape index (κ1) is 16.0. The van der Waals surface area contributed by atoms with Crippen molar-refractivity contribution in [2.24, 2.45) is 0 Å². The van der Waals surface area contributed by atoms with Gasteiger partial charge in [0.05, 0.1) is 6.10 Å². The van der Waals surface area contributed by atoms with Crippen LogP contribution in [0.2, 0.25) is 0 Å². The number of nitrogens with zero attached hydrogens (tertiary/aromatic N) is 1. The van der Waals surface area contributed by atoms with Gasteiger partial charge in [0.2, 0.25) is 0 Å². The van der Waals surface area contributed by atoms with E-state index in [1.54, 1.807) is 0 Å². The van der Waals surface area contributed by atoms with E-state index in [1.807, 2.05) is 43.0 Å². The standard InChI is InChI=1S/C15H22BrNO2/c1-11(2)19-14(18)10-17(15(3,4)5)13-8-6-12(16)7-9-13/h6-9,11H,10H2,1-5H3. The fourth-order valence-corrected chi connectivity index (χ4v) is 2.03. The van der Waals surface area contributed by atoms with Crippen molar-refractivity contribution in [1.29, 1.82) is 0 Å². The smallest absolute Gasteiger partial charge is 0.325 e. The maximum absolute atomic E-state index is 11.9. The number of rotatable bonds is 4. The molecule has 0 amide bonds. The Bertz CT molecular complexity index is 421. The van der Waals surface area contributed by atoms with Crippen molar-refractivity contribution >= 4 is 27.6 Å². The lowest BCUT2D eigenvalue weighted by atomic mass is 10.0. The summed E-state index contributed by atoms with van der Waals surface area (Å²) in [5.74, 6) is -0.201. The summed E-state index contributed by atoms with van der Waals surface area (Å²) in [4.78, 5) is 13.9. The van der Waals surface area contributed by atoms with Crippen LogP contribution in [0.25, 0.3) is 0 Å². The molecule has 0 N–H and O–H groups in total. The molecule has 3 nitrogen and oxygen atoms in total. The van der Waals surface area contributed by atoms with Gasteiger partial charge in [-0.2, -0.15) is 0 Å². The van der Waals surface area contributed by atoms with Gasteiger partial charge in [0, 0.05) is 15.7 Å². The predicted octanol–water partition coefficient (Wildman–Crippen LogP) is 4.01. The fourth-order valence-electron chi connectivity index (χ4n) is 1.77. The average molecular weight is 328 g/mol. The Morgan fingerprint density at radius 1 is 1.26 bits per heavy atom. The normalized spacial score (nSPS) is 11.5. The van der Waals surface area contributed by atoms with E-state index in [9.17, 15) is 4.79 Å². The molecule has 0 bridgehead atoms. The minimum absolute atomic E-state index is 0.0840. The average Bonchev–Trinajstić information content (AvgIpc) is 2.25. The molecule has 106 valence electrons. The lowest BCUT2D eigenvalue weighted by Gasteiger charge is -2.37. The van der Waals surface area contributed by atoms with Crippen molar-refractivity contribution in [3.8, 4) is 0 Å². The summed E-state index contributed by atoms with van der Waals surface area (Å²) < 4.78 is 6.25. The third-order valence-electron chi connectivity index (χ3n) is 2.60. The quantitative estimate of drug-likeness (QED) is 0.782. The van der Waals surface area contributed by atoms with Crippen molar-refractivity contribution in [3.05, 3.63) is 28.7 Å².